The first-order valence-electron chi connectivity index (χ1n) is 4.78. The highest BCUT2D eigenvalue weighted by molar-refractivity contribution is 7.85. The summed E-state index contributed by atoms with van der Waals surface area (Å²) in [5.41, 5.74) is 0. The summed E-state index contributed by atoms with van der Waals surface area (Å²) in [6, 6.07) is 0. The van der Waals surface area contributed by atoms with Gasteiger partial charge in [0.1, 0.15) is 6.79 Å². The van der Waals surface area contributed by atoms with Crippen LogP contribution in [0.3, 0.4) is 0 Å². The van der Waals surface area contributed by atoms with E-state index in [1.807, 2.05) is 13.8 Å². The Morgan fingerprint density at radius 3 is 2.20 bits per heavy atom. The van der Waals surface area contributed by atoms with Crippen molar-refractivity contribution in [3.05, 3.63) is 0 Å². The molecule has 6 heteroatoms. The molecule has 0 heterocycles. The van der Waals surface area contributed by atoms with Crippen LogP contribution in [0.15, 0.2) is 0 Å². The van der Waals surface area contributed by atoms with Crippen LogP contribution < -0.4 is 0 Å². The van der Waals surface area contributed by atoms with Crippen LogP contribution in [0.25, 0.3) is 0 Å². The maximum absolute atomic E-state index is 10.8. The molecule has 0 amide bonds. The first-order chi connectivity index (χ1) is 6.87. The van der Waals surface area contributed by atoms with Gasteiger partial charge in [0, 0.05) is 13.0 Å². The maximum atomic E-state index is 10.8. The molecule has 0 aromatic heterocycles. The van der Waals surface area contributed by atoms with Crippen molar-refractivity contribution < 1.29 is 22.1 Å². The van der Waals surface area contributed by atoms with Gasteiger partial charge >= 0.3 is 0 Å². The summed E-state index contributed by atoms with van der Waals surface area (Å²) in [5.74, 6) is 0.346. The van der Waals surface area contributed by atoms with Crippen LogP contribution in [0, 0.1) is 11.8 Å². The normalized spacial score (nSPS) is 14.5. The predicted octanol–water partition coefficient (Wildman–Crippen LogP) is 0.855. The van der Waals surface area contributed by atoms with E-state index in [2.05, 4.69) is 0 Å². The molecule has 0 fully saturated rings. The second-order valence-electron chi connectivity index (χ2n) is 3.77. The van der Waals surface area contributed by atoms with Gasteiger partial charge in [0.25, 0.3) is 10.1 Å². The summed E-state index contributed by atoms with van der Waals surface area (Å²) in [6.45, 7) is 4.78. The molecule has 0 unspecified atom stereocenters. The van der Waals surface area contributed by atoms with Crippen molar-refractivity contribution in [3.8, 4) is 0 Å². The quantitative estimate of drug-likeness (QED) is 0.358. The lowest BCUT2D eigenvalue weighted by Gasteiger charge is -2.19. The zero-order valence-electron chi connectivity index (χ0n) is 9.73. The van der Waals surface area contributed by atoms with Crippen LogP contribution in [0.2, 0.25) is 0 Å². The van der Waals surface area contributed by atoms with Crippen LogP contribution in [-0.4, -0.2) is 41.8 Å². The maximum Gasteiger partial charge on any atom is 0.264 e. The fraction of sp³-hybridized carbons (Fsp3) is 1.00. The van der Waals surface area contributed by atoms with E-state index in [9.17, 15) is 8.42 Å². The van der Waals surface area contributed by atoms with E-state index in [1.54, 1.807) is 0 Å². The van der Waals surface area contributed by atoms with Crippen LogP contribution in [-0.2, 0) is 23.8 Å². The fourth-order valence-electron chi connectivity index (χ4n) is 0.927. The van der Waals surface area contributed by atoms with Crippen LogP contribution in [0.5, 0.6) is 0 Å². The highest BCUT2D eigenvalue weighted by atomic mass is 32.2. The standard InChI is InChI=1S/C9H20O5S/c1-8(2)9(5-13-7-12-3)6-14-15(4,10)11/h8-9H,5-7H2,1-4H3/t9-/m0/s1. The van der Waals surface area contributed by atoms with Gasteiger partial charge < -0.3 is 9.47 Å². The van der Waals surface area contributed by atoms with E-state index in [0.717, 1.165) is 6.26 Å². The lowest BCUT2D eigenvalue weighted by molar-refractivity contribution is -0.0533. The Labute approximate surface area is 91.8 Å². The Bertz CT molecular complexity index is 247. The van der Waals surface area contributed by atoms with Crippen molar-refractivity contribution in [2.75, 3.05) is 33.4 Å². The average molecular weight is 240 g/mol. The molecular weight excluding hydrogens is 220 g/mol. The Balaban J connectivity index is 3.94. The molecule has 0 saturated heterocycles. The van der Waals surface area contributed by atoms with Gasteiger partial charge in [-0.05, 0) is 5.92 Å². The van der Waals surface area contributed by atoms with Crippen molar-refractivity contribution in [3.63, 3.8) is 0 Å². The molecule has 0 radical (unpaired) electrons. The van der Waals surface area contributed by atoms with E-state index < -0.39 is 10.1 Å². The minimum atomic E-state index is -3.37. The third-order valence-electron chi connectivity index (χ3n) is 1.97. The molecule has 92 valence electrons. The second-order valence-corrected chi connectivity index (χ2v) is 5.41. The Hall–Kier alpha value is -0.170. The summed E-state index contributed by atoms with van der Waals surface area (Å²) in [4.78, 5) is 0. The fourth-order valence-corrected chi connectivity index (χ4v) is 1.35. The molecule has 0 N–H and O–H groups in total. The molecule has 0 spiro atoms. The van der Waals surface area contributed by atoms with Gasteiger partial charge in [-0.1, -0.05) is 13.8 Å². The molecule has 1 atom stereocenters. The van der Waals surface area contributed by atoms with Crippen LogP contribution in [0.1, 0.15) is 13.8 Å². The molecule has 15 heavy (non-hydrogen) atoms. The van der Waals surface area contributed by atoms with Crippen molar-refractivity contribution in [1.29, 1.82) is 0 Å². The average Bonchev–Trinajstić information content (AvgIpc) is 2.08. The molecular formula is C9H20O5S. The summed E-state index contributed by atoms with van der Waals surface area (Å²) >= 11 is 0. The first-order valence-corrected chi connectivity index (χ1v) is 6.59. The van der Waals surface area contributed by atoms with E-state index in [4.69, 9.17) is 13.7 Å². The van der Waals surface area contributed by atoms with Crippen molar-refractivity contribution >= 4 is 10.1 Å². The van der Waals surface area contributed by atoms with Gasteiger partial charge in [-0.3, -0.25) is 4.18 Å². The lowest BCUT2D eigenvalue weighted by Crippen LogP contribution is -2.23. The van der Waals surface area contributed by atoms with E-state index >= 15 is 0 Å². The summed E-state index contributed by atoms with van der Waals surface area (Å²) in [7, 11) is -1.83. The smallest absolute Gasteiger partial charge is 0.264 e. The largest absolute Gasteiger partial charge is 0.359 e. The van der Waals surface area contributed by atoms with Gasteiger partial charge in [0.15, 0.2) is 0 Å². The molecule has 0 aliphatic carbocycles. The third-order valence-corrected chi connectivity index (χ3v) is 2.54. The molecule has 0 saturated carbocycles. The molecule has 0 aromatic carbocycles. The molecule has 0 aliphatic rings. The first kappa shape index (κ1) is 14.8. The van der Waals surface area contributed by atoms with E-state index in [-0.39, 0.29) is 19.3 Å². The number of hydrogen-bond acceptors (Lipinski definition) is 5. The van der Waals surface area contributed by atoms with E-state index in [1.165, 1.54) is 7.11 Å². The van der Waals surface area contributed by atoms with Gasteiger partial charge in [0.05, 0.1) is 19.5 Å². The monoisotopic (exact) mass is 240 g/mol. The van der Waals surface area contributed by atoms with Gasteiger partial charge in [0.2, 0.25) is 0 Å². The van der Waals surface area contributed by atoms with Crippen molar-refractivity contribution in [2.24, 2.45) is 11.8 Å². The number of methoxy groups -OCH3 is 1. The summed E-state index contributed by atoms with van der Waals surface area (Å²) < 4.78 is 36.2. The van der Waals surface area contributed by atoms with E-state index in [0.29, 0.717) is 12.5 Å². The highest BCUT2D eigenvalue weighted by Crippen LogP contribution is 2.12. The Kier molecular flexibility index (Phi) is 7.08. The summed E-state index contributed by atoms with van der Waals surface area (Å²) in [6.07, 6.45) is 1.04. The Morgan fingerprint density at radius 2 is 1.80 bits per heavy atom. The van der Waals surface area contributed by atoms with Crippen LogP contribution in [0.4, 0.5) is 0 Å². The van der Waals surface area contributed by atoms with Gasteiger partial charge in [-0.15, -0.1) is 0 Å². The minimum Gasteiger partial charge on any atom is -0.359 e. The second kappa shape index (κ2) is 7.16. The third kappa shape index (κ3) is 8.80. The molecule has 0 bridgehead atoms. The van der Waals surface area contributed by atoms with Gasteiger partial charge in [-0.25, -0.2) is 0 Å². The molecule has 0 rings (SSSR count). The number of hydrogen-bond donors (Lipinski definition) is 0. The molecule has 0 aliphatic heterocycles. The highest BCUT2D eigenvalue weighted by Gasteiger charge is 2.16. The predicted molar refractivity (Wildman–Crippen MR) is 57.0 cm³/mol. The lowest BCUT2D eigenvalue weighted by atomic mass is 9.98. The molecule has 0 aromatic rings. The summed E-state index contributed by atoms with van der Waals surface area (Å²) in [5, 5.41) is 0. The van der Waals surface area contributed by atoms with Crippen molar-refractivity contribution in [2.45, 2.75) is 13.8 Å². The SMILES string of the molecule is COCOC[C@@H](COS(C)(=O)=O)C(C)C. The number of rotatable bonds is 8. The molecule has 5 nitrogen and oxygen atoms in total. The topological polar surface area (TPSA) is 61.8 Å². The zero-order valence-corrected chi connectivity index (χ0v) is 10.5. The van der Waals surface area contributed by atoms with Gasteiger partial charge in [-0.2, -0.15) is 8.42 Å². The van der Waals surface area contributed by atoms with Crippen molar-refractivity contribution in [1.82, 2.24) is 0 Å². The van der Waals surface area contributed by atoms with Crippen LogP contribution >= 0.6 is 0 Å². The Morgan fingerprint density at radius 1 is 1.20 bits per heavy atom. The zero-order chi connectivity index (χ0) is 11.9. The number of ether oxygens (including phenoxy) is 2. The minimum absolute atomic E-state index is 0.0508.